The fourth-order valence-corrected chi connectivity index (χ4v) is 1.24. The fourth-order valence-electron chi connectivity index (χ4n) is 0.642. The molecule has 0 fully saturated rings. The van der Waals surface area contributed by atoms with Gasteiger partial charge < -0.3 is 0 Å². The summed E-state index contributed by atoms with van der Waals surface area (Å²) in [4.78, 5) is 1.24. The minimum atomic E-state index is 0.754. The Kier molecular flexibility index (Phi) is 7.63. The summed E-state index contributed by atoms with van der Waals surface area (Å²) in [5, 5.41) is 0. The van der Waals surface area contributed by atoms with Crippen molar-refractivity contribution in [3.63, 3.8) is 0 Å². The number of thioether (sulfide) groups is 1. The smallest absolute Gasteiger partial charge is 0.0592 e. The summed E-state index contributed by atoms with van der Waals surface area (Å²) in [5.41, 5.74) is 0. The molecule has 0 nitrogen and oxygen atoms in total. The highest BCUT2D eigenvalue weighted by Gasteiger charge is 1.86. The van der Waals surface area contributed by atoms with Crippen molar-refractivity contribution in [2.45, 2.75) is 18.7 Å². The number of terminal acetylenes is 1. The number of benzene rings is 1. The first kappa shape index (κ1) is 11.1. The lowest BCUT2D eigenvalue weighted by molar-refractivity contribution is 1.46. The molecule has 1 aromatic carbocycles. The molecule has 0 saturated carbocycles. The predicted molar refractivity (Wildman–Crippen MR) is 57.3 cm³/mol. The summed E-state index contributed by atoms with van der Waals surface area (Å²) in [6, 6.07) is 10.1. The Labute approximate surface area is 79.4 Å². The maximum absolute atomic E-state index is 5.11. The van der Waals surface area contributed by atoms with Gasteiger partial charge in [-0.05, 0) is 12.1 Å². The molecule has 0 aliphatic rings. The van der Waals surface area contributed by atoms with Crippen LogP contribution in [0.5, 0.6) is 0 Å². The van der Waals surface area contributed by atoms with E-state index in [1.54, 1.807) is 11.8 Å². The number of hydrogen-bond acceptors (Lipinski definition) is 1. The third kappa shape index (κ3) is 4.87. The van der Waals surface area contributed by atoms with Crippen LogP contribution in [0.2, 0.25) is 0 Å². The van der Waals surface area contributed by atoms with Gasteiger partial charge >= 0.3 is 0 Å². The molecule has 64 valence electrons. The van der Waals surface area contributed by atoms with Crippen LogP contribution < -0.4 is 0 Å². The van der Waals surface area contributed by atoms with Crippen LogP contribution in [0.25, 0.3) is 0 Å². The summed E-state index contributed by atoms with van der Waals surface area (Å²) in [5.74, 6) is 3.33. The van der Waals surface area contributed by atoms with E-state index in [9.17, 15) is 0 Å². The first-order valence-electron chi connectivity index (χ1n) is 4.05. The van der Waals surface area contributed by atoms with Gasteiger partial charge in [0.25, 0.3) is 0 Å². The standard InChI is InChI=1S/C9H8S.C2H6/c1-2-8-10-9-6-4-3-5-7-9;1-2/h1,3-7H,8H2;1-2H3. The third-order valence-corrected chi connectivity index (χ3v) is 1.98. The van der Waals surface area contributed by atoms with Gasteiger partial charge in [0.1, 0.15) is 0 Å². The van der Waals surface area contributed by atoms with Gasteiger partial charge in [-0.25, -0.2) is 0 Å². The van der Waals surface area contributed by atoms with Crippen LogP contribution in [0.3, 0.4) is 0 Å². The van der Waals surface area contributed by atoms with Gasteiger partial charge in [0.05, 0.1) is 5.75 Å². The molecule has 0 aliphatic heterocycles. The second-order valence-corrected chi connectivity index (χ2v) is 2.85. The van der Waals surface area contributed by atoms with Crippen LogP contribution in [0.15, 0.2) is 35.2 Å². The van der Waals surface area contributed by atoms with Gasteiger partial charge in [-0.2, -0.15) is 0 Å². The largest absolute Gasteiger partial charge is 0.119 e. The Hall–Kier alpha value is -0.870. The van der Waals surface area contributed by atoms with Gasteiger partial charge in [-0.1, -0.05) is 38.0 Å². The number of hydrogen-bond donors (Lipinski definition) is 0. The third-order valence-electron chi connectivity index (χ3n) is 1.07. The number of rotatable bonds is 2. The quantitative estimate of drug-likeness (QED) is 0.494. The SMILES string of the molecule is C#CCSc1ccccc1.CC. The Balaban J connectivity index is 0.000000561. The van der Waals surface area contributed by atoms with Gasteiger partial charge in [-0.15, -0.1) is 18.2 Å². The molecular formula is C11H14S. The second kappa shape index (κ2) is 8.23. The molecule has 0 unspecified atom stereocenters. The first-order chi connectivity index (χ1) is 5.93. The highest BCUT2D eigenvalue weighted by molar-refractivity contribution is 7.99. The Morgan fingerprint density at radius 1 is 1.25 bits per heavy atom. The van der Waals surface area contributed by atoms with E-state index < -0.39 is 0 Å². The van der Waals surface area contributed by atoms with E-state index in [0.29, 0.717) is 0 Å². The van der Waals surface area contributed by atoms with E-state index in [1.165, 1.54) is 4.90 Å². The molecule has 0 radical (unpaired) electrons. The molecule has 0 bridgehead atoms. The summed E-state index contributed by atoms with van der Waals surface area (Å²) in [7, 11) is 0. The van der Waals surface area contributed by atoms with E-state index in [2.05, 4.69) is 18.1 Å². The van der Waals surface area contributed by atoms with Gasteiger partial charge in [-0.3, -0.25) is 0 Å². The monoisotopic (exact) mass is 178 g/mol. The molecule has 0 amide bonds. The normalized spacial score (nSPS) is 7.75. The van der Waals surface area contributed by atoms with Crippen molar-refractivity contribution in [1.82, 2.24) is 0 Å². The van der Waals surface area contributed by atoms with Gasteiger partial charge in [0.2, 0.25) is 0 Å². The highest BCUT2D eigenvalue weighted by Crippen LogP contribution is 2.15. The van der Waals surface area contributed by atoms with E-state index in [1.807, 2.05) is 32.0 Å². The van der Waals surface area contributed by atoms with E-state index in [4.69, 9.17) is 6.42 Å². The molecule has 12 heavy (non-hydrogen) atoms. The van der Waals surface area contributed by atoms with Crippen molar-refractivity contribution >= 4 is 11.8 Å². The average molecular weight is 178 g/mol. The van der Waals surface area contributed by atoms with E-state index in [-0.39, 0.29) is 0 Å². The van der Waals surface area contributed by atoms with Crippen molar-refractivity contribution in [1.29, 1.82) is 0 Å². The van der Waals surface area contributed by atoms with Crippen LogP contribution >= 0.6 is 11.8 Å². The molecule has 0 aliphatic carbocycles. The summed E-state index contributed by atoms with van der Waals surface area (Å²) in [6.45, 7) is 4.00. The van der Waals surface area contributed by atoms with Crippen molar-refractivity contribution < 1.29 is 0 Å². The molecule has 1 aromatic rings. The molecule has 0 N–H and O–H groups in total. The van der Waals surface area contributed by atoms with Crippen LogP contribution in [0, 0.1) is 12.3 Å². The minimum Gasteiger partial charge on any atom is -0.119 e. The highest BCUT2D eigenvalue weighted by atomic mass is 32.2. The zero-order chi connectivity index (χ0) is 9.23. The van der Waals surface area contributed by atoms with Gasteiger partial charge in [0, 0.05) is 4.90 Å². The molecule has 1 rings (SSSR count). The lowest BCUT2D eigenvalue weighted by Crippen LogP contribution is -1.71. The average Bonchev–Trinajstić information content (AvgIpc) is 2.19. The second-order valence-electron chi connectivity index (χ2n) is 1.81. The van der Waals surface area contributed by atoms with Crippen molar-refractivity contribution in [3.8, 4) is 12.3 Å². The molecular weight excluding hydrogens is 164 g/mol. The molecule has 0 aromatic heterocycles. The summed E-state index contributed by atoms with van der Waals surface area (Å²) < 4.78 is 0. The zero-order valence-electron chi connectivity index (χ0n) is 7.58. The lowest BCUT2D eigenvalue weighted by Gasteiger charge is -1.93. The maximum atomic E-state index is 5.11. The molecule has 0 atom stereocenters. The summed E-state index contributed by atoms with van der Waals surface area (Å²) >= 11 is 1.68. The molecule has 0 spiro atoms. The van der Waals surface area contributed by atoms with Crippen LogP contribution in [0.4, 0.5) is 0 Å². The van der Waals surface area contributed by atoms with Gasteiger partial charge in [0.15, 0.2) is 0 Å². The Morgan fingerprint density at radius 3 is 2.33 bits per heavy atom. The fraction of sp³-hybridized carbons (Fsp3) is 0.273. The Morgan fingerprint density at radius 2 is 1.83 bits per heavy atom. The zero-order valence-corrected chi connectivity index (χ0v) is 8.40. The first-order valence-corrected chi connectivity index (χ1v) is 5.03. The van der Waals surface area contributed by atoms with E-state index in [0.717, 1.165) is 5.75 Å². The molecule has 0 saturated heterocycles. The van der Waals surface area contributed by atoms with Crippen LogP contribution in [-0.4, -0.2) is 5.75 Å². The van der Waals surface area contributed by atoms with Crippen LogP contribution in [-0.2, 0) is 0 Å². The van der Waals surface area contributed by atoms with Crippen molar-refractivity contribution in [2.75, 3.05) is 5.75 Å². The van der Waals surface area contributed by atoms with E-state index >= 15 is 0 Å². The summed E-state index contributed by atoms with van der Waals surface area (Å²) in [6.07, 6.45) is 5.11. The lowest BCUT2D eigenvalue weighted by atomic mass is 10.4. The maximum Gasteiger partial charge on any atom is 0.0592 e. The predicted octanol–water partition coefficient (Wildman–Crippen LogP) is 3.44. The Bertz CT molecular complexity index is 221. The minimum absolute atomic E-state index is 0.754. The van der Waals surface area contributed by atoms with Crippen molar-refractivity contribution in [2.24, 2.45) is 0 Å². The molecule has 0 heterocycles. The van der Waals surface area contributed by atoms with Crippen molar-refractivity contribution in [3.05, 3.63) is 30.3 Å². The van der Waals surface area contributed by atoms with Crippen LogP contribution in [0.1, 0.15) is 13.8 Å². The molecule has 1 heteroatoms. The topological polar surface area (TPSA) is 0 Å².